The van der Waals surface area contributed by atoms with Crippen molar-refractivity contribution in [1.29, 1.82) is 0 Å². The first-order valence-corrected chi connectivity index (χ1v) is 2.66. The zero-order valence-electron chi connectivity index (χ0n) is 5.00. The number of aliphatic carboxylic acids is 1. The molecular weight excluding hydrogens is 136 g/mol. The van der Waals surface area contributed by atoms with Gasteiger partial charge in [0.15, 0.2) is 0 Å². The van der Waals surface area contributed by atoms with Crippen molar-refractivity contribution in [3.63, 3.8) is 0 Å². The van der Waals surface area contributed by atoms with E-state index >= 15 is 0 Å². The summed E-state index contributed by atoms with van der Waals surface area (Å²) >= 11 is 0. The minimum absolute atomic E-state index is 0.336. The summed E-state index contributed by atoms with van der Waals surface area (Å²) in [6, 6.07) is -0.808. The fraction of sp³-hybridized carbons (Fsp3) is 0.200. The van der Waals surface area contributed by atoms with Crippen molar-refractivity contribution in [2.45, 2.75) is 6.04 Å². The van der Waals surface area contributed by atoms with Gasteiger partial charge in [-0.25, -0.2) is 5.43 Å². The van der Waals surface area contributed by atoms with Crippen LogP contribution in [0.5, 0.6) is 0 Å². The summed E-state index contributed by atoms with van der Waals surface area (Å²) in [4.78, 5) is 20.6. The Morgan fingerprint density at radius 2 is 2.40 bits per heavy atom. The Balaban J connectivity index is 2.61. The van der Waals surface area contributed by atoms with Gasteiger partial charge in [0.25, 0.3) is 5.91 Å². The maximum absolute atomic E-state index is 10.4. The lowest BCUT2D eigenvalue weighted by Crippen LogP contribution is -2.49. The minimum atomic E-state index is -1.02. The standard InChI is InChI=1S/C5H6N2O3/c8-4-2-1-3(5(9)10)6-7-4/h1-3,6H,(H,7,8)(H,9,10). The molecule has 0 saturated carbocycles. The Hall–Kier alpha value is -1.36. The minimum Gasteiger partial charge on any atom is -0.480 e. The van der Waals surface area contributed by atoms with Crippen LogP contribution in [0.15, 0.2) is 12.2 Å². The predicted octanol–water partition coefficient (Wildman–Crippen LogP) is -1.37. The van der Waals surface area contributed by atoms with E-state index in [0.29, 0.717) is 0 Å². The number of hydrogen-bond acceptors (Lipinski definition) is 3. The van der Waals surface area contributed by atoms with Crippen molar-refractivity contribution in [1.82, 2.24) is 10.9 Å². The monoisotopic (exact) mass is 142 g/mol. The lowest BCUT2D eigenvalue weighted by molar-refractivity contribution is -0.138. The van der Waals surface area contributed by atoms with Gasteiger partial charge >= 0.3 is 5.97 Å². The Bertz CT molecular complexity index is 199. The van der Waals surface area contributed by atoms with E-state index in [1.54, 1.807) is 0 Å². The number of hydrogen-bond donors (Lipinski definition) is 3. The van der Waals surface area contributed by atoms with E-state index in [1.807, 2.05) is 0 Å². The average Bonchev–Trinajstić information content (AvgIpc) is 1.88. The SMILES string of the molecule is O=C1C=CC(C(=O)O)NN1. The zero-order valence-corrected chi connectivity index (χ0v) is 5.00. The first kappa shape index (κ1) is 6.76. The molecule has 0 spiro atoms. The second kappa shape index (κ2) is 2.49. The largest absolute Gasteiger partial charge is 0.480 e. The highest BCUT2D eigenvalue weighted by molar-refractivity contribution is 5.90. The fourth-order valence-corrected chi connectivity index (χ4v) is 0.566. The highest BCUT2D eigenvalue weighted by atomic mass is 16.4. The molecule has 1 amide bonds. The Labute approximate surface area is 56.7 Å². The summed E-state index contributed by atoms with van der Waals surface area (Å²) in [7, 11) is 0. The van der Waals surface area contributed by atoms with Crippen molar-refractivity contribution in [2.75, 3.05) is 0 Å². The topological polar surface area (TPSA) is 78.4 Å². The fourth-order valence-electron chi connectivity index (χ4n) is 0.566. The van der Waals surface area contributed by atoms with Crippen LogP contribution < -0.4 is 10.9 Å². The molecule has 1 unspecified atom stereocenters. The van der Waals surface area contributed by atoms with E-state index in [-0.39, 0.29) is 5.91 Å². The van der Waals surface area contributed by atoms with Gasteiger partial charge in [0.2, 0.25) is 0 Å². The number of carboxylic acid groups (broad SMARTS) is 1. The van der Waals surface area contributed by atoms with Crippen LogP contribution in [-0.4, -0.2) is 23.0 Å². The molecule has 5 nitrogen and oxygen atoms in total. The molecule has 1 aliphatic rings. The summed E-state index contributed by atoms with van der Waals surface area (Å²) in [5.74, 6) is -1.35. The van der Waals surface area contributed by atoms with Gasteiger partial charge < -0.3 is 5.11 Å². The van der Waals surface area contributed by atoms with Crippen molar-refractivity contribution >= 4 is 11.9 Å². The molecule has 1 heterocycles. The molecule has 1 atom stereocenters. The van der Waals surface area contributed by atoms with Crippen LogP contribution in [0.2, 0.25) is 0 Å². The quantitative estimate of drug-likeness (QED) is 0.422. The van der Waals surface area contributed by atoms with Crippen molar-refractivity contribution in [3.05, 3.63) is 12.2 Å². The Morgan fingerprint density at radius 1 is 1.70 bits per heavy atom. The lowest BCUT2D eigenvalue weighted by atomic mass is 10.2. The van der Waals surface area contributed by atoms with Crippen molar-refractivity contribution in [2.24, 2.45) is 0 Å². The molecule has 0 aromatic heterocycles. The maximum atomic E-state index is 10.4. The number of carbonyl (C=O) groups excluding carboxylic acids is 1. The summed E-state index contributed by atoms with van der Waals surface area (Å²) in [5, 5.41) is 8.36. The molecule has 54 valence electrons. The van der Waals surface area contributed by atoms with Gasteiger partial charge in [-0.3, -0.25) is 15.0 Å². The summed E-state index contributed by atoms with van der Waals surface area (Å²) in [5.41, 5.74) is 4.44. The van der Waals surface area contributed by atoms with Crippen molar-refractivity contribution < 1.29 is 14.7 Å². The van der Waals surface area contributed by atoms with Crippen LogP contribution in [0.25, 0.3) is 0 Å². The van der Waals surface area contributed by atoms with E-state index in [0.717, 1.165) is 0 Å². The molecule has 5 heteroatoms. The van der Waals surface area contributed by atoms with Gasteiger partial charge in [-0.2, -0.15) is 0 Å². The number of amides is 1. The van der Waals surface area contributed by atoms with Crippen molar-refractivity contribution in [3.8, 4) is 0 Å². The van der Waals surface area contributed by atoms with Crippen LogP contribution in [0.1, 0.15) is 0 Å². The van der Waals surface area contributed by atoms with E-state index in [9.17, 15) is 9.59 Å². The van der Waals surface area contributed by atoms with E-state index in [2.05, 4.69) is 10.9 Å². The molecule has 0 aliphatic carbocycles. The normalized spacial score (nSPS) is 24.0. The highest BCUT2D eigenvalue weighted by Gasteiger charge is 2.17. The van der Waals surface area contributed by atoms with Gasteiger partial charge in [-0.15, -0.1) is 0 Å². The zero-order chi connectivity index (χ0) is 7.56. The van der Waals surface area contributed by atoms with Gasteiger partial charge in [0, 0.05) is 6.08 Å². The third kappa shape index (κ3) is 1.32. The van der Waals surface area contributed by atoms with Crippen LogP contribution in [0.4, 0.5) is 0 Å². The van der Waals surface area contributed by atoms with E-state index in [4.69, 9.17) is 5.11 Å². The summed E-state index contributed by atoms with van der Waals surface area (Å²) < 4.78 is 0. The third-order valence-electron chi connectivity index (χ3n) is 1.06. The Kier molecular flexibility index (Phi) is 1.68. The molecule has 0 fully saturated rings. The van der Waals surface area contributed by atoms with Gasteiger partial charge in [0.05, 0.1) is 0 Å². The molecule has 0 saturated heterocycles. The van der Waals surface area contributed by atoms with Gasteiger partial charge in [-0.1, -0.05) is 0 Å². The molecular formula is C5H6N2O3. The lowest BCUT2D eigenvalue weighted by Gasteiger charge is -2.13. The molecule has 1 rings (SSSR count). The molecule has 0 radical (unpaired) electrons. The number of carboxylic acids is 1. The first-order chi connectivity index (χ1) is 4.70. The number of nitrogens with one attached hydrogen (secondary N) is 2. The van der Waals surface area contributed by atoms with Crippen LogP contribution in [0, 0.1) is 0 Å². The van der Waals surface area contributed by atoms with Gasteiger partial charge in [0.1, 0.15) is 6.04 Å². The molecule has 1 aliphatic heterocycles. The summed E-state index contributed by atoms with van der Waals surface area (Å²) in [6.45, 7) is 0. The number of rotatable bonds is 1. The highest BCUT2D eigenvalue weighted by Crippen LogP contribution is 1.89. The van der Waals surface area contributed by atoms with E-state index in [1.165, 1.54) is 12.2 Å². The van der Waals surface area contributed by atoms with Crippen LogP contribution in [0.3, 0.4) is 0 Å². The number of hydrazine groups is 1. The maximum Gasteiger partial charge on any atom is 0.326 e. The summed E-state index contributed by atoms with van der Waals surface area (Å²) in [6.07, 6.45) is 2.45. The second-order valence-electron chi connectivity index (χ2n) is 1.81. The first-order valence-electron chi connectivity index (χ1n) is 2.66. The smallest absolute Gasteiger partial charge is 0.326 e. The van der Waals surface area contributed by atoms with Gasteiger partial charge in [-0.05, 0) is 6.08 Å². The molecule has 0 bridgehead atoms. The molecule has 10 heavy (non-hydrogen) atoms. The average molecular weight is 142 g/mol. The molecule has 3 N–H and O–H groups in total. The van der Waals surface area contributed by atoms with E-state index < -0.39 is 12.0 Å². The molecule has 0 aromatic carbocycles. The second-order valence-corrected chi connectivity index (χ2v) is 1.81. The van der Waals surface area contributed by atoms with Crippen LogP contribution >= 0.6 is 0 Å². The number of carbonyl (C=O) groups is 2. The predicted molar refractivity (Wildman–Crippen MR) is 31.8 cm³/mol. The third-order valence-corrected chi connectivity index (χ3v) is 1.06. The molecule has 0 aromatic rings. The Morgan fingerprint density at radius 3 is 2.80 bits per heavy atom. The van der Waals surface area contributed by atoms with Crippen LogP contribution in [-0.2, 0) is 9.59 Å².